The van der Waals surface area contributed by atoms with Crippen molar-refractivity contribution >= 4 is 22.6 Å². The number of carbonyl (C=O) groups excluding carboxylic acids is 1. The zero-order valence-electron chi connectivity index (χ0n) is 11.1. The number of rotatable bonds is 3. The lowest BCUT2D eigenvalue weighted by atomic mass is 10.2. The molecule has 0 aliphatic rings. The van der Waals surface area contributed by atoms with Crippen molar-refractivity contribution in [2.24, 2.45) is 0 Å². The second-order valence-corrected chi connectivity index (χ2v) is 4.38. The summed E-state index contributed by atoms with van der Waals surface area (Å²) in [6.45, 7) is 1.76. The molecule has 0 aliphatic heterocycles. The third-order valence-corrected chi connectivity index (χ3v) is 2.96. The Kier molecular flexibility index (Phi) is 2.90. The van der Waals surface area contributed by atoms with Gasteiger partial charge in [0, 0.05) is 17.0 Å². The minimum Gasteiger partial charge on any atom is -0.496 e. The van der Waals surface area contributed by atoms with Gasteiger partial charge in [-0.25, -0.2) is 0 Å². The quantitative estimate of drug-likeness (QED) is 0.767. The second kappa shape index (κ2) is 4.73. The number of fused-ring (bicyclic) bond motifs is 1. The van der Waals surface area contributed by atoms with Gasteiger partial charge in [0.2, 0.25) is 0 Å². The zero-order valence-corrected chi connectivity index (χ0v) is 11.1. The van der Waals surface area contributed by atoms with Gasteiger partial charge >= 0.3 is 0 Å². The Morgan fingerprint density at radius 1 is 1.40 bits per heavy atom. The predicted molar refractivity (Wildman–Crippen MR) is 74.0 cm³/mol. The molecule has 0 saturated carbocycles. The van der Waals surface area contributed by atoms with Gasteiger partial charge in [0.15, 0.2) is 5.82 Å². The van der Waals surface area contributed by atoms with Crippen molar-refractivity contribution in [3.8, 4) is 5.75 Å². The summed E-state index contributed by atoms with van der Waals surface area (Å²) in [5.41, 5.74) is 1.27. The van der Waals surface area contributed by atoms with Crippen LogP contribution in [0.15, 0.2) is 34.9 Å². The van der Waals surface area contributed by atoms with Crippen LogP contribution >= 0.6 is 0 Å². The molecule has 20 heavy (non-hydrogen) atoms. The summed E-state index contributed by atoms with van der Waals surface area (Å²) >= 11 is 0. The van der Waals surface area contributed by atoms with Gasteiger partial charge in [0.25, 0.3) is 5.91 Å². The minimum atomic E-state index is -0.281. The molecule has 6 nitrogen and oxygen atoms in total. The number of methoxy groups -OCH3 is 1. The number of nitrogens with zero attached hydrogens (tertiary/aromatic N) is 1. The minimum absolute atomic E-state index is 0.281. The van der Waals surface area contributed by atoms with E-state index in [1.807, 2.05) is 18.2 Å². The van der Waals surface area contributed by atoms with Crippen LogP contribution in [0.1, 0.15) is 16.2 Å². The van der Waals surface area contributed by atoms with E-state index >= 15 is 0 Å². The molecule has 0 fully saturated rings. The monoisotopic (exact) mass is 271 g/mol. The molecule has 1 aromatic carbocycles. The number of hydrogen-bond donors (Lipinski definition) is 2. The summed E-state index contributed by atoms with van der Waals surface area (Å²) in [5.74, 6) is 1.46. The molecule has 2 N–H and O–H groups in total. The van der Waals surface area contributed by atoms with E-state index in [9.17, 15) is 4.79 Å². The van der Waals surface area contributed by atoms with E-state index in [1.165, 1.54) is 0 Å². The number of amides is 1. The van der Waals surface area contributed by atoms with E-state index in [4.69, 9.17) is 9.26 Å². The summed E-state index contributed by atoms with van der Waals surface area (Å²) in [5, 5.41) is 7.24. The Labute approximate surface area is 114 Å². The van der Waals surface area contributed by atoms with Crippen LogP contribution in [-0.4, -0.2) is 23.2 Å². The lowest BCUT2D eigenvalue weighted by molar-refractivity contribution is 0.102. The van der Waals surface area contributed by atoms with Crippen LogP contribution in [0.2, 0.25) is 0 Å². The number of nitrogens with one attached hydrogen (secondary N) is 2. The van der Waals surface area contributed by atoms with Crippen LogP contribution < -0.4 is 10.1 Å². The van der Waals surface area contributed by atoms with Gasteiger partial charge in [0.1, 0.15) is 17.2 Å². The highest BCUT2D eigenvalue weighted by Crippen LogP contribution is 2.26. The van der Waals surface area contributed by atoms with Crippen molar-refractivity contribution in [1.82, 2.24) is 10.1 Å². The van der Waals surface area contributed by atoms with Gasteiger partial charge in [-0.1, -0.05) is 11.2 Å². The lowest BCUT2D eigenvalue weighted by Crippen LogP contribution is -2.12. The van der Waals surface area contributed by atoms with Crippen LogP contribution in [0.4, 0.5) is 5.82 Å². The molecular formula is C14H13N3O3. The highest BCUT2D eigenvalue weighted by Gasteiger charge is 2.13. The maximum Gasteiger partial charge on any atom is 0.273 e. The highest BCUT2D eigenvalue weighted by atomic mass is 16.5. The van der Waals surface area contributed by atoms with Gasteiger partial charge < -0.3 is 19.6 Å². The van der Waals surface area contributed by atoms with Crippen molar-refractivity contribution in [1.29, 1.82) is 0 Å². The summed E-state index contributed by atoms with van der Waals surface area (Å²) in [6.07, 6.45) is 0. The molecule has 3 rings (SSSR count). The number of anilines is 1. The molecule has 0 radical (unpaired) electrons. The highest BCUT2D eigenvalue weighted by molar-refractivity contribution is 6.06. The summed E-state index contributed by atoms with van der Waals surface area (Å²) in [6, 6.07) is 8.99. The van der Waals surface area contributed by atoms with E-state index in [1.54, 1.807) is 26.2 Å². The number of aromatic amines is 1. The van der Waals surface area contributed by atoms with Crippen molar-refractivity contribution in [2.45, 2.75) is 6.92 Å². The topological polar surface area (TPSA) is 80.2 Å². The molecule has 1 amide bonds. The average Bonchev–Trinajstić information content (AvgIpc) is 3.04. The number of benzene rings is 1. The van der Waals surface area contributed by atoms with Gasteiger partial charge in [-0.15, -0.1) is 0 Å². The molecule has 0 saturated heterocycles. The third-order valence-electron chi connectivity index (χ3n) is 2.96. The molecule has 0 aliphatic carbocycles. The van der Waals surface area contributed by atoms with Crippen LogP contribution in [0.5, 0.6) is 5.75 Å². The number of hydrogen-bond acceptors (Lipinski definition) is 4. The van der Waals surface area contributed by atoms with E-state index in [0.29, 0.717) is 17.3 Å². The summed E-state index contributed by atoms with van der Waals surface area (Å²) in [4.78, 5) is 15.2. The molecule has 2 aromatic heterocycles. The molecule has 0 unspecified atom stereocenters. The molecule has 3 aromatic rings. The first-order valence-corrected chi connectivity index (χ1v) is 6.08. The fourth-order valence-corrected chi connectivity index (χ4v) is 2.04. The zero-order chi connectivity index (χ0) is 14.1. The van der Waals surface area contributed by atoms with Crippen LogP contribution in [0.3, 0.4) is 0 Å². The molecule has 0 atom stereocenters. The van der Waals surface area contributed by atoms with Crippen LogP contribution in [0.25, 0.3) is 10.9 Å². The maximum atomic E-state index is 12.1. The molecule has 6 heteroatoms. The van der Waals surface area contributed by atoms with Gasteiger partial charge in [-0.05, 0) is 25.1 Å². The summed E-state index contributed by atoms with van der Waals surface area (Å²) < 4.78 is 10.2. The van der Waals surface area contributed by atoms with Crippen LogP contribution in [0, 0.1) is 6.92 Å². The largest absolute Gasteiger partial charge is 0.496 e. The van der Waals surface area contributed by atoms with Crippen LogP contribution in [-0.2, 0) is 0 Å². The van der Waals surface area contributed by atoms with Crippen molar-refractivity contribution in [3.05, 3.63) is 41.8 Å². The Hall–Kier alpha value is -2.76. The predicted octanol–water partition coefficient (Wildman–Crippen LogP) is 2.73. The lowest BCUT2D eigenvalue weighted by Gasteiger charge is -1.99. The second-order valence-electron chi connectivity index (χ2n) is 4.38. The number of carbonyl (C=O) groups is 1. The van der Waals surface area contributed by atoms with Crippen molar-refractivity contribution in [2.75, 3.05) is 12.4 Å². The van der Waals surface area contributed by atoms with E-state index in [0.717, 1.165) is 16.7 Å². The average molecular weight is 271 g/mol. The Bertz CT molecular complexity index is 773. The first-order chi connectivity index (χ1) is 9.67. The Morgan fingerprint density at radius 3 is 2.95 bits per heavy atom. The number of aromatic nitrogens is 2. The third kappa shape index (κ3) is 2.11. The Morgan fingerprint density at radius 2 is 2.25 bits per heavy atom. The number of aryl methyl sites for hydroxylation is 1. The fraction of sp³-hybridized carbons (Fsp3) is 0.143. The fourth-order valence-electron chi connectivity index (χ4n) is 2.04. The SMILES string of the molecule is COc1cccc2[nH]c(C(=O)Nc3cc(C)on3)cc12. The van der Waals surface area contributed by atoms with Crippen molar-refractivity contribution in [3.63, 3.8) is 0 Å². The van der Waals surface area contributed by atoms with Crippen molar-refractivity contribution < 1.29 is 14.1 Å². The number of ether oxygens (including phenoxy) is 1. The van der Waals surface area contributed by atoms with Gasteiger partial charge in [-0.3, -0.25) is 4.79 Å². The normalized spacial score (nSPS) is 10.7. The summed E-state index contributed by atoms with van der Waals surface area (Å²) in [7, 11) is 1.60. The smallest absolute Gasteiger partial charge is 0.273 e. The first-order valence-electron chi connectivity index (χ1n) is 6.08. The number of H-pyrrole nitrogens is 1. The van der Waals surface area contributed by atoms with E-state index in [-0.39, 0.29) is 5.91 Å². The van der Waals surface area contributed by atoms with E-state index in [2.05, 4.69) is 15.5 Å². The van der Waals surface area contributed by atoms with Gasteiger partial charge in [-0.2, -0.15) is 0 Å². The maximum absolute atomic E-state index is 12.1. The van der Waals surface area contributed by atoms with Gasteiger partial charge in [0.05, 0.1) is 7.11 Å². The molecule has 0 bridgehead atoms. The molecule has 2 heterocycles. The standard InChI is InChI=1S/C14H13N3O3/c1-8-6-13(17-20-8)16-14(18)11-7-9-10(15-11)4-3-5-12(9)19-2/h3-7,15H,1-2H3,(H,16,17,18). The Balaban J connectivity index is 1.92. The first kappa shape index (κ1) is 12.3. The molecule has 0 spiro atoms. The van der Waals surface area contributed by atoms with E-state index < -0.39 is 0 Å². The molecular weight excluding hydrogens is 258 g/mol. The molecule has 102 valence electrons.